The van der Waals surface area contributed by atoms with E-state index in [-0.39, 0.29) is 5.66 Å². The molecule has 0 radical (unpaired) electrons. The number of H-pyrrole nitrogens is 1. The maximum absolute atomic E-state index is 6.52. The number of methoxy groups -OCH3 is 1. The van der Waals surface area contributed by atoms with Gasteiger partial charge in [0.15, 0.2) is 0 Å². The molecule has 0 aliphatic rings. The van der Waals surface area contributed by atoms with Gasteiger partial charge in [0.25, 0.3) is 0 Å². The average molecular weight is 275 g/mol. The third-order valence-electron chi connectivity index (χ3n) is 4.01. The molecule has 1 atom stereocenters. The maximum atomic E-state index is 6.52. The van der Waals surface area contributed by atoms with Crippen molar-refractivity contribution < 1.29 is 4.74 Å². The molecule has 0 bridgehead atoms. The van der Waals surface area contributed by atoms with Gasteiger partial charge in [-0.2, -0.15) is 0 Å². The molecule has 0 amide bonds. The molecule has 2 aromatic rings. The lowest BCUT2D eigenvalue weighted by Crippen LogP contribution is -2.55. The summed E-state index contributed by atoms with van der Waals surface area (Å²) >= 11 is 0. The molecule has 3 N–H and O–H groups in total. The van der Waals surface area contributed by atoms with Gasteiger partial charge in [-0.15, -0.1) is 0 Å². The Morgan fingerprint density at radius 2 is 2.00 bits per heavy atom. The van der Waals surface area contributed by atoms with Gasteiger partial charge in [0.2, 0.25) is 0 Å². The Morgan fingerprint density at radius 3 is 2.60 bits per heavy atom. The smallest absolute Gasteiger partial charge is 0.119 e. The predicted molar refractivity (Wildman–Crippen MR) is 84.1 cm³/mol. The second kappa shape index (κ2) is 5.85. The normalized spacial score (nSPS) is 14.7. The Kier molecular flexibility index (Phi) is 4.35. The minimum absolute atomic E-state index is 0.346. The number of nitrogens with zero attached hydrogens (tertiary/aromatic N) is 1. The summed E-state index contributed by atoms with van der Waals surface area (Å²) in [5.74, 6) is 0.875. The fourth-order valence-electron chi connectivity index (χ4n) is 2.87. The van der Waals surface area contributed by atoms with Crippen LogP contribution < -0.4 is 10.5 Å². The van der Waals surface area contributed by atoms with Crippen LogP contribution in [-0.4, -0.2) is 35.7 Å². The van der Waals surface area contributed by atoms with Crippen LogP contribution in [0.3, 0.4) is 0 Å². The van der Waals surface area contributed by atoms with Crippen LogP contribution in [0, 0.1) is 0 Å². The van der Waals surface area contributed by atoms with E-state index in [1.807, 2.05) is 12.1 Å². The molecule has 0 spiro atoms. The topological polar surface area (TPSA) is 54.3 Å². The van der Waals surface area contributed by atoms with Gasteiger partial charge in [-0.3, -0.25) is 4.90 Å². The molecule has 0 fully saturated rings. The summed E-state index contributed by atoms with van der Waals surface area (Å²) in [5.41, 5.74) is 8.52. The lowest BCUT2D eigenvalue weighted by Gasteiger charge is -2.37. The highest BCUT2D eigenvalue weighted by molar-refractivity contribution is 5.84. The zero-order valence-electron chi connectivity index (χ0n) is 12.9. The molecular formula is C16H25N3O. The van der Waals surface area contributed by atoms with Crippen molar-refractivity contribution in [3.8, 4) is 5.75 Å². The molecule has 1 heterocycles. The number of aromatic amines is 1. The van der Waals surface area contributed by atoms with Gasteiger partial charge in [-0.25, -0.2) is 0 Å². The third kappa shape index (κ3) is 2.81. The quantitative estimate of drug-likeness (QED) is 0.797. The highest BCUT2D eigenvalue weighted by Gasteiger charge is 2.26. The zero-order valence-corrected chi connectivity index (χ0v) is 12.9. The summed E-state index contributed by atoms with van der Waals surface area (Å²) in [6.45, 7) is 8.29. The van der Waals surface area contributed by atoms with Crippen LogP contribution in [-0.2, 0) is 6.42 Å². The first kappa shape index (κ1) is 14.9. The number of aromatic nitrogens is 1. The van der Waals surface area contributed by atoms with Crippen molar-refractivity contribution in [1.29, 1.82) is 0 Å². The number of fused-ring (bicyclic) bond motifs is 1. The molecule has 2 rings (SSSR count). The van der Waals surface area contributed by atoms with Crippen molar-refractivity contribution in [2.75, 3.05) is 20.2 Å². The molecule has 110 valence electrons. The molecule has 1 aromatic heterocycles. The van der Waals surface area contributed by atoms with E-state index in [2.05, 4.69) is 42.9 Å². The number of nitrogens with one attached hydrogen (secondary N) is 1. The van der Waals surface area contributed by atoms with Crippen molar-refractivity contribution in [3.63, 3.8) is 0 Å². The van der Waals surface area contributed by atoms with Crippen LogP contribution in [0.25, 0.3) is 10.9 Å². The van der Waals surface area contributed by atoms with Gasteiger partial charge in [-0.05, 0) is 43.8 Å². The van der Waals surface area contributed by atoms with Crippen LogP contribution in [0.1, 0.15) is 26.3 Å². The first-order valence-corrected chi connectivity index (χ1v) is 7.19. The molecule has 1 unspecified atom stereocenters. The van der Waals surface area contributed by atoms with E-state index in [1.165, 1.54) is 10.9 Å². The summed E-state index contributed by atoms with van der Waals surface area (Å²) < 4.78 is 5.31. The van der Waals surface area contributed by atoms with Gasteiger partial charge in [-0.1, -0.05) is 13.8 Å². The van der Waals surface area contributed by atoms with Crippen LogP contribution in [0.4, 0.5) is 0 Å². The van der Waals surface area contributed by atoms with Crippen molar-refractivity contribution in [1.82, 2.24) is 9.88 Å². The standard InChI is InChI=1S/C16H25N3O/c1-5-19(6-2)16(3,17)10-12-11-18-15-8-7-13(20-4)9-14(12)15/h7-9,11,18H,5-6,10,17H2,1-4H3. The van der Waals surface area contributed by atoms with E-state index < -0.39 is 0 Å². The summed E-state index contributed by atoms with van der Waals surface area (Å²) in [7, 11) is 1.69. The minimum atomic E-state index is -0.346. The lowest BCUT2D eigenvalue weighted by atomic mass is 9.99. The molecule has 20 heavy (non-hydrogen) atoms. The molecule has 4 heteroatoms. The van der Waals surface area contributed by atoms with Gasteiger partial charge in [0, 0.05) is 23.5 Å². The van der Waals surface area contributed by atoms with Gasteiger partial charge >= 0.3 is 0 Å². The van der Waals surface area contributed by atoms with Crippen LogP contribution in [0.15, 0.2) is 24.4 Å². The maximum Gasteiger partial charge on any atom is 0.119 e. The molecule has 1 aromatic carbocycles. The SMILES string of the molecule is CCN(CC)C(C)(N)Cc1c[nH]c2ccc(OC)cc12. The molecule has 0 saturated heterocycles. The van der Waals surface area contributed by atoms with E-state index >= 15 is 0 Å². The summed E-state index contributed by atoms with van der Waals surface area (Å²) in [5, 5.41) is 1.19. The highest BCUT2D eigenvalue weighted by Crippen LogP contribution is 2.26. The molecule has 4 nitrogen and oxygen atoms in total. The second-order valence-electron chi connectivity index (χ2n) is 5.43. The summed E-state index contributed by atoms with van der Waals surface area (Å²) in [6, 6.07) is 6.08. The Balaban J connectivity index is 2.33. The summed E-state index contributed by atoms with van der Waals surface area (Å²) in [6.07, 6.45) is 2.86. The van der Waals surface area contributed by atoms with E-state index in [0.717, 1.165) is 30.8 Å². The lowest BCUT2D eigenvalue weighted by molar-refractivity contribution is 0.123. The Hall–Kier alpha value is -1.52. The molecule has 0 aliphatic carbocycles. The van der Waals surface area contributed by atoms with Crippen LogP contribution in [0.5, 0.6) is 5.75 Å². The monoisotopic (exact) mass is 275 g/mol. The van der Waals surface area contributed by atoms with Crippen molar-refractivity contribution >= 4 is 10.9 Å². The first-order valence-electron chi connectivity index (χ1n) is 7.19. The van der Waals surface area contributed by atoms with E-state index in [1.54, 1.807) is 7.11 Å². The molecule has 0 aliphatic heterocycles. The Labute approximate surface area is 120 Å². The van der Waals surface area contributed by atoms with Crippen molar-refractivity contribution in [3.05, 3.63) is 30.0 Å². The highest BCUT2D eigenvalue weighted by atomic mass is 16.5. The number of benzene rings is 1. The Bertz CT molecular complexity index is 570. The van der Waals surface area contributed by atoms with Crippen LogP contribution >= 0.6 is 0 Å². The number of hydrogen-bond donors (Lipinski definition) is 2. The van der Waals surface area contributed by atoms with E-state index in [0.29, 0.717) is 0 Å². The fourth-order valence-corrected chi connectivity index (χ4v) is 2.87. The minimum Gasteiger partial charge on any atom is -0.497 e. The third-order valence-corrected chi connectivity index (χ3v) is 4.01. The number of rotatable bonds is 6. The number of likely N-dealkylation sites (N-methyl/N-ethyl adjacent to an activating group) is 1. The average Bonchev–Trinajstić information content (AvgIpc) is 2.81. The van der Waals surface area contributed by atoms with E-state index in [9.17, 15) is 0 Å². The van der Waals surface area contributed by atoms with Gasteiger partial charge in [0.1, 0.15) is 5.75 Å². The molecular weight excluding hydrogens is 250 g/mol. The Morgan fingerprint density at radius 1 is 1.30 bits per heavy atom. The van der Waals surface area contributed by atoms with Gasteiger partial charge < -0.3 is 15.5 Å². The number of nitrogens with two attached hydrogens (primary N) is 1. The first-order chi connectivity index (χ1) is 9.51. The van der Waals surface area contributed by atoms with Crippen molar-refractivity contribution in [2.45, 2.75) is 32.9 Å². The van der Waals surface area contributed by atoms with Gasteiger partial charge in [0.05, 0.1) is 12.8 Å². The second-order valence-corrected chi connectivity index (χ2v) is 5.43. The molecule has 0 saturated carbocycles. The van der Waals surface area contributed by atoms with Crippen molar-refractivity contribution in [2.24, 2.45) is 5.73 Å². The largest absolute Gasteiger partial charge is 0.497 e. The summed E-state index contributed by atoms with van der Waals surface area (Å²) in [4.78, 5) is 5.59. The van der Waals surface area contributed by atoms with E-state index in [4.69, 9.17) is 10.5 Å². The zero-order chi connectivity index (χ0) is 14.8. The predicted octanol–water partition coefficient (Wildman–Crippen LogP) is 2.74. The number of hydrogen-bond acceptors (Lipinski definition) is 3. The number of ether oxygens (including phenoxy) is 1. The van der Waals surface area contributed by atoms with Crippen LogP contribution in [0.2, 0.25) is 0 Å². The fraction of sp³-hybridized carbons (Fsp3) is 0.500.